The fourth-order valence-electron chi connectivity index (χ4n) is 1.87. The maximum absolute atomic E-state index is 5.61. The third-order valence-corrected chi connectivity index (χ3v) is 4.14. The zero-order valence-corrected chi connectivity index (χ0v) is 11.7. The zero-order valence-electron chi connectivity index (χ0n) is 10.8. The molecular formula is C14H19N3S. The molecular weight excluding hydrogens is 242 g/mol. The first-order chi connectivity index (χ1) is 8.70. The summed E-state index contributed by atoms with van der Waals surface area (Å²) in [7, 11) is 2.13. The van der Waals surface area contributed by atoms with E-state index in [1.807, 2.05) is 12.1 Å². The van der Waals surface area contributed by atoms with Gasteiger partial charge >= 0.3 is 0 Å². The van der Waals surface area contributed by atoms with Crippen LogP contribution in [0.4, 0.5) is 0 Å². The molecule has 96 valence electrons. The van der Waals surface area contributed by atoms with Gasteiger partial charge in [-0.25, -0.2) is 0 Å². The highest BCUT2D eigenvalue weighted by Gasteiger charge is 2.13. The number of hydrogen-bond donors (Lipinski definition) is 1. The summed E-state index contributed by atoms with van der Waals surface area (Å²) >= 11 is 1.80. The van der Waals surface area contributed by atoms with Crippen molar-refractivity contribution in [3.8, 4) is 0 Å². The summed E-state index contributed by atoms with van der Waals surface area (Å²) in [5.74, 6) is 0. The largest absolute Gasteiger partial charge is 0.325 e. The second kappa shape index (κ2) is 6.09. The van der Waals surface area contributed by atoms with E-state index in [4.69, 9.17) is 5.73 Å². The molecule has 0 bridgehead atoms. The molecule has 0 saturated carbocycles. The fourth-order valence-corrected chi connectivity index (χ4v) is 2.72. The van der Waals surface area contributed by atoms with Crippen LogP contribution in [-0.4, -0.2) is 16.9 Å². The van der Waals surface area contributed by atoms with Gasteiger partial charge in [-0.05, 0) is 37.6 Å². The molecule has 0 radical (unpaired) electrons. The first-order valence-corrected chi connectivity index (χ1v) is 6.97. The fraction of sp³-hybridized carbons (Fsp3) is 0.357. The van der Waals surface area contributed by atoms with Crippen molar-refractivity contribution in [2.45, 2.75) is 26.1 Å². The number of rotatable bonds is 5. The van der Waals surface area contributed by atoms with Gasteiger partial charge in [-0.15, -0.1) is 11.3 Å². The van der Waals surface area contributed by atoms with Crippen molar-refractivity contribution in [2.75, 3.05) is 7.05 Å². The smallest absolute Gasteiger partial charge is 0.0547 e. The number of hydrogen-bond acceptors (Lipinski definition) is 4. The van der Waals surface area contributed by atoms with Gasteiger partial charge in [-0.3, -0.25) is 9.88 Å². The molecule has 2 aromatic heterocycles. The van der Waals surface area contributed by atoms with Crippen LogP contribution in [0.3, 0.4) is 0 Å². The van der Waals surface area contributed by atoms with E-state index in [2.05, 4.69) is 47.4 Å². The van der Waals surface area contributed by atoms with E-state index in [-0.39, 0.29) is 0 Å². The lowest BCUT2D eigenvalue weighted by molar-refractivity contribution is 0.253. The normalized spacial score (nSPS) is 12.9. The summed E-state index contributed by atoms with van der Waals surface area (Å²) in [6, 6.07) is 10.7. The van der Waals surface area contributed by atoms with Crippen LogP contribution in [0.15, 0.2) is 35.7 Å². The van der Waals surface area contributed by atoms with Crippen molar-refractivity contribution < 1.29 is 0 Å². The first kappa shape index (κ1) is 13.2. The minimum Gasteiger partial charge on any atom is -0.325 e. The van der Waals surface area contributed by atoms with E-state index in [1.165, 1.54) is 4.88 Å². The average Bonchev–Trinajstić information content (AvgIpc) is 2.92. The van der Waals surface area contributed by atoms with Gasteiger partial charge in [0.1, 0.15) is 0 Å². The van der Waals surface area contributed by atoms with E-state index in [0.717, 1.165) is 17.9 Å². The van der Waals surface area contributed by atoms with E-state index in [1.54, 1.807) is 11.3 Å². The van der Waals surface area contributed by atoms with Crippen LogP contribution in [0.2, 0.25) is 0 Å². The molecule has 0 amide bonds. The van der Waals surface area contributed by atoms with Gasteiger partial charge in [0.05, 0.1) is 11.4 Å². The summed E-state index contributed by atoms with van der Waals surface area (Å²) in [4.78, 5) is 8.21. The summed E-state index contributed by atoms with van der Waals surface area (Å²) < 4.78 is 0. The van der Waals surface area contributed by atoms with Crippen molar-refractivity contribution in [1.29, 1.82) is 0 Å². The number of aromatic nitrogens is 1. The molecule has 0 saturated heterocycles. The summed E-state index contributed by atoms with van der Waals surface area (Å²) in [6.07, 6.45) is 0. The Balaban J connectivity index is 2.04. The van der Waals surface area contributed by atoms with Crippen LogP contribution >= 0.6 is 11.3 Å². The van der Waals surface area contributed by atoms with E-state index in [0.29, 0.717) is 12.6 Å². The van der Waals surface area contributed by atoms with Crippen molar-refractivity contribution >= 4 is 11.3 Å². The van der Waals surface area contributed by atoms with Gasteiger partial charge in [-0.2, -0.15) is 0 Å². The lowest BCUT2D eigenvalue weighted by Crippen LogP contribution is -2.22. The molecule has 2 aromatic rings. The van der Waals surface area contributed by atoms with Crippen LogP contribution in [0.1, 0.15) is 29.2 Å². The number of nitrogens with zero attached hydrogens (tertiary/aromatic N) is 2. The van der Waals surface area contributed by atoms with Crippen LogP contribution in [0, 0.1) is 0 Å². The third kappa shape index (κ3) is 3.16. The Labute approximate surface area is 112 Å². The Hall–Kier alpha value is -1.23. The number of nitrogens with two attached hydrogens (primary N) is 1. The number of thiophene rings is 1. The molecule has 2 rings (SSSR count). The molecule has 0 spiro atoms. The molecule has 3 nitrogen and oxygen atoms in total. The maximum atomic E-state index is 5.61. The van der Waals surface area contributed by atoms with Gasteiger partial charge in [0.25, 0.3) is 0 Å². The van der Waals surface area contributed by atoms with E-state index >= 15 is 0 Å². The zero-order chi connectivity index (χ0) is 13.0. The second-order valence-electron chi connectivity index (χ2n) is 4.43. The predicted molar refractivity (Wildman–Crippen MR) is 76.3 cm³/mol. The molecule has 0 aliphatic heterocycles. The van der Waals surface area contributed by atoms with Gasteiger partial charge < -0.3 is 5.73 Å². The van der Waals surface area contributed by atoms with E-state index in [9.17, 15) is 0 Å². The van der Waals surface area contributed by atoms with Crippen LogP contribution in [-0.2, 0) is 13.1 Å². The Morgan fingerprint density at radius 2 is 2.06 bits per heavy atom. The highest BCUT2D eigenvalue weighted by molar-refractivity contribution is 7.10. The molecule has 1 unspecified atom stereocenters. The molecule has 0 aromatic carbocycles. The molecule has 2 heterocycles. The van der Waals surface area contributed by atoms with Crippen molar-refractivity contribution in [3.05, 3.63) is 52.0 Å². The minimum absolute atomic E-state index is 0.410. The van der Waals surface area contributed by atoms with Crippen molar-refractivity contribution in [2.24, 2.45) is 5.73 Å². The predicted octanol–water partition coefficient (Wildman–Crippen LogP) is 2.79. The standard InChI is InChI=1S/C14H19N3S/c1-11(14-7-4-8-18-14)17(2)10-13-6-3-5-12(9-15)16-13/h3-8,11H,9-10,15H2,1-2H3. The van der Waals surface area contributed by atoms with Crippen LogP contribution in [0.25, 0.3) is 0 Å². The topological polar surface area (TPSA) is 42.1 Å². The van der Waals surface area contributed by atoms with Gasteiger partial charge in [0, 0.05) is 24.0 Å². The molecule has 0 aliphatic rings. The number of pyridine rings is 1. The van der Waals surface area contributed by atoms with Gasteiger partial charge in [-0.1, -0.05) is 12.1 Å². The van der Waals surface area contributed by atoms with E-state index < -0.39 is 0 Å². The molecule has 0 fully saturated rings. The third-order valence-electron chi connectivity index (χ3n) is 3.10. The van der Waals surface area contributed by atoms with Crippen molar-refractivity contribution in [3.63, 3.8) is 0 Å². The Kier molecular flexibility index (Phi) is 4.47. The lowest BCUT2D eigenvalue weighted by atomic mass is 10.2. The van der Waals surface area contributed by atoms with Gasteiger partial charge in [0.2, 0.25) is 0 Å². The molecule has 1 atom stereocenters. The average molecular weight is 261 g/mol. The Bertz CT molecular complexity index is 482. The SMILES string of the molecule is CC(c1cccs1)N(C)Cc1cccc(CN)n1. The highest BCUT2D eigenvalue weighted by Crippen LogP contribution is 2.24. The van der Waals surface area contributed by atoms with Crippen LogP contribution < -0.4 is 5.73 Å². The lowest BCUT2D eigenvalue weighted by Gasteiger charge is -2.23. The first-order valence-electron chi connectivity index (χ1n) is 6.09. The molecule has 0 aliphatic carbocycles. The van der Waals surface area contributed by atoms with Crippen LogP contribution in [0.5, 0.6) is 0 Å². The van der Waals surface area contributed by atoms with Gasteiger partial charge in [0.15, 0.2) is 0 Å². The molecule has 18 heavy (non-hydrogen) atoms. The molecule has 2 N–H and O–H groups in total. The Morgan fingerprint density at radius 1 is 1.28 bits per heavy atom. The Morgan fingerprint density at radius 3 is 2.72 bits per heavy atom. The summed E-state index contributed by atoms with van der Waals surface area (Å²) in [5.41, 5.74) is 7.63. The monoisotopic (exact) mass is 261 g/mol. The van der Waals surface area contributed by atoms with Crippen molar-refractivity contribution in [1.82, 2.24) is 9.88 Å². The summed E-state index contributed by atoms with van der Waals surface area (Å²) in [5, 5.41) is 2.12. The summed E-state index contributed by atoms with van der Waals surface area (Å²) in [6.45, 7) is 3.56. The maximum Gasteiger partial charge on any atom is 0.0547 e. The highest BCUT2D eigenvalue weighted by atomic mass is 32.1. The molecule has 4 heteroatoms. The minimum atomic E-state index is 0.410. The quantitative estimate of drug-likeness (QED) is 0.900. The second-order valence-corrected chi connectivity index (χ2v) is 5.41.